The van der Waals surface area contributed by atoms with Gasteiger partial charge in [-0.3, -0.25) is 5.10 Å². The van der Waals surface area contributed by atoms with Gasteiger partial charge in [0.2, 0.25) is 5.82 Å². The van der Waals surface area contributed by atoms with Gasteiger partial charge in [-0.2, -0.15) is 5.10 Å². The Kier molecular flexibility index (Phi) is 4.07. The highest BCUT2D eigenvalue weighted by Gasteiger charge is 2.14. The molecule has 3 aromatic heterocycles. The molecule has 4 aromatic rings. The number of aromatic amines is 1. The van der Waals surface area contributed by atoms with Crippen molar-refractivity contribution in [2.75, 3.05) is 6.54 Å². The number of hydrogen-bond acceptors (Lipinski definition) is 5. The topological polar surface area (TPSA) is 84.6 Å². The number of furan rings is 1. The van der Waals surface area contributed by atoms with Crippen LogP contribution in [0.4, 0.5) is 0 Å². The van der Waals surface area contributed by atoms with E-state index in [1.165, 1.54) is 0 Å². The van der Waals surface area contributed by atoms with Gasteiger partial charge in [0.05, 0.1) is 23.3 Å². The van der Waals surface area contributed by atoms with Crippen molar-refractivity contribution >= 4 is 11.0 Å². The molecule has 2 N–H and O–H groups in total. The van der Waals surface area contributed by atoms with Crippen molar-refractivity contribution in [2.24, 2.45) is 7.05 Å². The largest absolute Gasteiger partial charge is 0.461 e. The monoisotopic (exact) mass is 336 g/mol. The number of fused-ring (bicyclic) bond motifs is 1. The van der Waals surface area contributed by atoms with Crippen LogP contribution in [0.5, 0.6) is 0 Å². The van der Waals surface area contributed by atoms with Crippen LogP contribution in [-0.4, -0.2) is 31.3 Å². The minimum absolute atomic E-state index is 0.143. The van der Waals surface area contributed by atoms with E-state index in [2.05, 4.69) is 45.1 Å². The van der Waals surface area contributed by atoms with Crippen LogP contribution in [0.25, 0.3) is 22.6 Å². The maximum Gasteiger partial charge on any atom is 0.216 e. The molecule has 0 saturated heterocycles. The Hall–Kier alpha value is -2.93. The van der Waals surface area contributed by atoms with Gasteiger partial charge in [-0.05, 0) is 31.2 Å². The maximum absolute atomic E-state index is 5.30. The number of aromatic nitrogens is 5. The first-order valence-electron chi connectivity index (χ1n) is 8.32. The number of H-pyrrole nitrogens is 1. The molecule has 4 rings (SSSR count). The molecule has 0 fully saturated rings. The predicted octanol–water partition coefficient (Wildman–Crippen LogP) is 2.84. The molecule has 1 unspecified atom stereocenters. The molecule has 1 atom stereocenters. The molecule has 0 aliphatic carbocycles. The smallest absolute Gasteiger partial charge is 0.216 e. The summed E-state index contributed by atoms with van der Waals surface area (Å²) in [5.41, 5.74) is 2.16. The molecule has 1 aromatic carbocycles. The Morgan fingerprint density at radius 3 is 2.88 bits per heavy atom. The van der Waals surface area contributed by atoms with E-state index in [-0.39, 0.29) is 6.04 Å². The quantitative estimate of drug-likeness (QED) is 0.565. The van der Waals surface area contributed by atoms with Gasteiger partial charge in [0, 0.05) is 20.0 Å². The summed E-state index contributed by atoms with van der Waals surface area (Å²) in [6.45, 7) is 2.90. The van der Waals surface area contributed by atoms with Crippen LogP contribution in [0, 0.1) is 0 Å². The van der Waals surface area contributed by atoms with Crippen molar-refractivity contribution in [3.05, 3.63) is 54.3 Å². The number of rotatable bonds is 6. The summed E-state index contributed by atoms with van der Waals surface area (Å²) in [6.07, 6.45) is 2.37. The second kappa shape index (κ2) is 6.52. The fourth-order valence-electron chi connectivity index (χ4n) is 2.97. The van der Waals surface area contributed by atoms with E-state index in [4.69, 9.17) is 9.40 Å². The Morgan fingerprint density at radius 2 is 2.08 bits per heavy atom. The maximum atomic E-state index is 5.30. The minimum Gasteiger partial charge on any atom is -0.461 e. The number of aryl methyl sites for hydroxylation is 1. The number of hydrogen-bond donors (Lipinski definition) is 2. The third-order valence-electron chi connectivity index (χ3n) is 4.29. The van der Waals surface area contributed by atoms with Crippen LogP contribution in [0.2, 0.25) is 0 Å². The summed E-state index contributed by atoms with van der Waals surface area (Å²) in [5, 5.41) is 10.6. The zero-order valence-electron chi connectivity index (χ0n) is 14.2. The highest BCUT2D eigenvalue weighted by Crippen LogP contribution is 2.19. The first kappa shape index (κ1) is 15.6. The van der Waals surface area contributed by atoms with Gasteiger partial charge in [0.25, 0.3) is 0 Å². The van der Waals surface area contributed by atoms with Crippen molar-refractivity contribution in [3.63, 3.8) is 0 Å². The summed E-state index contributed by atoms with van der Waals surface area (Å²) >= 11 is 0. The Bertz CT molecular complexity index is 969. The molecule has 0 saturated carbocycles. The number of para-hydroxylation sites is 2. The van der Waals surface area contributed by atoms with E-state index in [9.17, 15) is 0 Å². The third-order valence-corrected chi connectivity index (χ3v) is 4.29. The molecule has 7 heteroatoms. The van der Waals surface area contributed by atoms with Gasteiger partial charge in [0.1, 0.15) is 11.6 Å². The molecule has 0 amide bonds. The van der Waals surface area contributed by atoms with Crippen molar-refractivity contribution < 1.29 is 4.42 Å². The van der Waals surface area contributed by atoms with Gasteiger partial charge in [-0.1, -0.05) is 12.1 Å². The van der Waals surface area contributed by atoms with E-state index < -0.39 is 0 Å². The summed E-state index contributed by atoms with van der Waals surface area (Å²) in [5.74, 6) is 3.11. The fraction of sp³-hybridized carbons (Fsp3) is 0.278. The molecule has 128 valence electrons. The highest BCUT2D eigenvalue weighted by molar-refractivity contribution is 5.75. The van der Waals surface area contributed by atoms with Gasteiger partial charge < -0.3 is 14.3 Å². The van der Waals surface area contributed by atoms with Gasteiger partial charge >= 0.3 is 0 Å². The number of imidazole rings is 1. The third kappa shape index (κ3) is 3.06. The van der Waals surface area contributed by atoms with Crippen molar-refractivity contribution in [2.45, 2.75) is 19.4 Å². The second-order valence-electron chi connectivity index (χ2n) is 6.03. The average Bonchev–Trinajstić information content (AvgIpc) is 3.35. The van der Waals surface area contributed by atoms with Gasteiger partial charge in [-0.15, -0.1) is 0 Å². The normalized spacial score (nSPS) is 12.7. The Balaban J connectivity index is 1.39. The first-order valence-corrected chi connectivity index (χ1v) is 8.32. The summed E-state index contributed by atoms with van der Waals surface area (Å²) in [4.78, 5) is 9.18. The van der Waals surface area contributed by atoms with Crippen LogP contribution in [0.3, 0.4) is 0 Å². The van der Waals surface area contributed by atoms with Crippen molar-refractivity contribution in [1.82, 2.24) is 30.0 Å². The fourth-order valence-corrected chi connectivity index (χ4v) is 2.97. The molecule has 0 aliphatic rings. The van der Waals surface area contributed by atoms with E-state index in [0.717, 1.165) is 35.6 Å². The summed E-state index contributed by atoms with van der Waals surface area (Å²) in [7, 11) is 2.05. The molecule has 0 radical (unpaired) electrons. The lowest BCUT2D eigenvalue weighted by Gasteiger charge is -2.13. The van der Waals surface area contributed by atoms with Crippen LogP contribution < -0.4 is 5.32 Å². The van der Waals surface area contributed by atoms with E-state index in [1.54, 1.807) is 6.26 Å². The zero-order valence-corrected chi connectivity index (χ0v) is 14.2. The van der Waals surface area contributed by atoms with Crippen LogP contribution >= 0.6 is 0 Å². The molecule has 0 bridgehead atoms. The van der Waals surface area contributed by atoms with Crippen LogP contribution in [0.15, 0.2) is 47.1 Å². The predicted molar refractivity (Wildman–Crippen MR) is 94.9 cm³/mol. The van der Waals surface area contributed by atoms with E-state index >= 15 is 0 Å². The molecular formula is C18H20N6O. The lowest BCUT2D eigenvalue weighted by Crippen LogP contribution is -2.24. The van der Waals surface area contributed by atoms with Gasteiger partial charge in [0.15, 0.2) is 5.76 Å². The highest BCUT2D eigenvalue weighted by atomic mass is 16.3. The number of benzene rings is 1. The molecular weight excluding hydrogens is 316 g/mol. The first-order chi connectivity index (χ1) is 12.2. The lowest BCUT2D eigenvalue weighted by atomic mass is 10.3. The van der Waals surface area contributed by atoms with Crippen molar-refractivity contribution in [1.29, 1.82) is 0 Å². The summed E-state index contributed by atoms with van der Waals surface area (Å²) < 4.78 is 7.44. The minimum atomic E-state index is 0.143. The second-order valence-corrected chi connectivity index (χ2v) is 6.03. The number of nitrogens with zero attached hydrogens (tertiary/aromatic N) is 4. The SMILES string of the molecule is CC(NCCc1nc(-c2ccco2)n[nH]1)c1nc2ccccc2n1C. The Labute approximate surface area is 145 Å². The standard InChI is InChI=1S/C18H20N6O/c1-12(18-20-13-6-3-4-7-14(13)24(18)2)19-10-9-16-21-17(23-22-16)15-8-5-11-25-15/h3-8,11-12,19H,9-10H2,1-2H3,(H,21,22,23). The molecule has 0 aliphatic heterocycles. The van der Waals surface area contributed by atoms with Gasteiger partial charge in [-0.25, -0.2) is 9.97 Å². The average molecular weight is 336 g/mol. The number of nitrogens with one attached hydrogen (secondary N) is 2. The van der Waals surface area contributed by atoms with E-state index in [1.807, 2.05) is 30.3 Å². The van der Waals surface area contributed by atoms with E-state index in [0.29, 0.717) is 11.6 Å². The van der Waals surface area contributed by atoms with Crippen molar-refractivity contribution in [3.8, 4) is 11.6 Å². The lowest BCUT2D eigenvalue weighted by molar-refractivity contribution is 0.532. The molecule has 0 spiro atoms. The van der Waals surface area contributed by atoms with Crippen LogP contribution in [-0.2, 0) is 13.5 Å². The van der Waals surface area contributed by atoms with Crippen LogP contribution in [0.1, 0.15) is 24.6 Å². The zero-order chi connectivity index (χ0) is 17.2. The molecule has 7 nitrogen and oxygen atoms in total. The summed E-state index contributed by atoms with van der Waals surface area (Å²) in [6, 6.07) is 12.0. The molecule has 3 heterocycles. The molecule has 25 heavy (non-hydrogen) atoms. The Morgan fingerprint density at radius 1 is 1.20 bits per heavy atom.